The van der Waals surface area contributed by atoms with Gasteiger partial charge in [-0.3, -0.25) is 4.40 Å². The van der Waals surface area contributed by atoms with E-state index in [0.29, 0.717) is 0 Å². The average molecular weight is 475 g/mol. The average Bonchev–Trinajstić information content (AvgIpc) is 3.51. The molecular weight excluding hydrogens is 452 g/mol. The fraction of sp³-hybridized carbons (Fsp3) is 0.0294. The predicted molar refractivity (Wildman–Crippen MR) is 153 cm³/mol. The molecule has 5 aromatic carbocycles. The van der Waals surface area contributed by atoms with Gasteiger partial charge in [-0.15, -0.1) is 0 Å². The van der Waals surface area contributed by atoms with Crippen molar-refractivity contribution < 1.29 is 4.42 Å². The summed E-state index contributed by atoms with van der Waals surface area (Å²) < 4.78 is 8.61. The second kappa shape index (κ2) is 7.55. The lowest BCUT2D eigenvalue weighted by molar-refractivity contribution is 0.670. The van der Waals surface area contributed by atoms with Crippen LogP contribution in [0.4, 0.5) is 0 Å². The molecule has 0 spiro atoms. The van der Waals surface area contributed by atoms with Crippen LogP contribution in [0.5, 0.6) is 0 Å². The molecule has 174 valence electrons. The minimum atomic E-state index is 0.919. The number of nitrogens with zero attached hydrogens (tertiary/aromatic N) is 2. The Morgan fingerprint density at radius 3 is 2.05 bits per heavy atom. The van der Waals surface area contributed by atoms with Gasteiger partial charge in [0.25, 0.3) is 0 Å². The summed E-state index contributed by atoms with van der Waals surface area (Å²) in [5, 5.41) is 5.93. The molecule has 3 nitrogen and oxygen atoms in total. The fourth-order valence-electron chi connectivity index (χ4n) is 5.87. The van der Waals surface area contributed by atoms with Gasteiger partial charge in [0.05, 0.1) is 16.9 Å². The van der Waals surface area contributed by atoms with Gasteiger partial charge in [0.2, 0.25) is 0 Å². The van der Waals surface area contributed by atoms with Crippen LogP contribution in [0.1, 0.15) is 5.69 Å². The van der Waals surface area contributed by atoms with Crippen molar-refractivity contribution in [3.63, 3.8) is 0 Å². The van der Waals surface area contributed by atoms with E-state index in [1.807, 2.05) is 12.1 Å². The van der Waals surface area contributed by atoms with E-state index in [1.54, 1.807) is 0 Å². The van der Waals surface area contributed by atoms with E-state index in [0.717, 1.165) is 55.7 Å². The van der Waals surface area contributed by atoms with E-state index in [4.69, 9.17) is 9.40 Å². The van der Waals surface area contributed by atoms with Crippen LogP contribution in [0.3, 0.4) is 0 Å². The third-order valence-electron chi connectivity index (χ3n) is 7.53. The Morgan fingerprint density at radius 2 is 1.22 bits per heavy atom. The van der Waals surface area contributed by atoms with Crippen LogP contribution < -0.4 is 0 Å². The normalized spacial score (nSPS) is 11.9. The number of imidazole rings is 1. The summed E-state index contributed by atoms with van der Waals surface area (Å²) in [6, 6.07) is 40.6. The molecular formula is C34H22N2O. The topological polar surface area (TPSA) is 30.4 Å². The maximum Gasteiger partial charge on any atom is 0.145 e. The minimum absolute atomic E-state index is 0.919. The van der Waals surface area contributed by atoms with E-state index in [2.05, 4.69) is 114 Å². The van der Waals surface area contributed by atoms with Crippen molar-refractivity contribution >= 4 is 49.3 Å². The molecule has 0 fully saturated rings. The van der Waals surface area contributed by atoms with E-state index < -0.39 is 0 Å². The zero-order valence-electron chi connectivity index (χ0n) is 20.3. The number of fused-ring (bicyclic) bond motifs is 9. The van der Waals surface area contributed by atoms with Crippen molar-refractivity contribution in [1.82, 2.24) is 9.38 Å². The van der Waals surface area contributed by atoms with Crippen LogP contribution in [0.2, 0.25) is 0 Å². The highest BCUT2D eigenvalue weighted by Crippen LogP contribution is 2.38. The molecule has 8 aromatic rings. The Balaban J connectivity index is 1.35. The number of hydrogen-bond acceptors (Lipinski definition) is 2. The summed E-state index contributed by atoms with van der Waals surface area (Å²) in [6.45, 7) is 2.11. The van der Waals surface area contributed by atoms with Crippen molar-refractivity contribution in [2.75, 3.05) is 0 Å². The standard InChI is InChI=1S/C34H22N2O/c1-21-32(36-30-15-6-4-10-26(30)25-9-2-3-12-29(25)34(36)35-21)23-19-17-22(18-20-23)24-13-8-14-28-27-11-5-7-16-31(27)37-33(24)28/h2-20H,1H3. The molecule has 3 heterocycles. The number of aryl methyl sites for hydroxylation is 1. The molecule has 0 saturated heterocycles. The van der Waals surface area contributed by atoms with Crippen LogP contribution in [0.15, 0.2) is 120 Å². The van der Waals surface area contributed by atoms with Gasteiger partial charge < -0.3 is 4.42 Å². The van der Waals surface area contributed by atoms with Crippen LogP contribution in [-0.2, 0) is 0 Å². The van der Waals surface area contributed by atoms with Gasteiger partial charge in [0.15, 0.2) is 0 Å². The van der Waals surface area contributed by atoms with Crippen molar-refractivity contribution in [3.8, 4) is 22.4 Å². The van der Waals surface area contributed by atoms with Crippen LogP contribution in [0, 0.1) is 6.92 Å². The predicted octanol–water partition coefficient (Wildman–Crippen LogP) is 9.18. The molecule has 8 rings (SSSR count). The molecule has 0 radical (unpaired) electrons. The van der Waals surface area contributed by atoms with Crippen molar-refractivity contribution in [1.29, 1.82) is 0 Å². The van der Waals surface area contributed by atoms with E-state index in [1.165, 1.54) is 21.7 Å². The number of hydrogen-bond donors (Lipinski definition) is 0. The van der Waals surface area contributed by atoms with Gasteiger partial charge in [-0.05, 0) is 30.0 Å². The molecule has 0 saturated carbocycles. The summed E-state index contributed by atoms with van der Waals surface area (Å²) in [5.41, 5.74) is 9.55. The van der Waals surface area contributed by atoms with Gasteiger partial charge in [-0.1, -0.05) is 103 Å². The van der Waals surface area contributed by atoms with Gasteiger partial charge in [-0.2, -0.15) is 0 Å². The molecule has 0 amide bonds. The van der Waals surface area contributed by atoms with E-state index in [-0.39, 0.29) is 0 Å². The first kappa shape index (κ1) is 20.3. The van der Waals surface area contributed by atoms with Crippen LogP contribution in [0.25, 0.3) is 71.6 Å². The highest BCUT2D eigenvalue weighted by atomic mass is 16.3. The Labute approximate surface area is 213 Å². The number of rotatable bonds is 2. The second-order valence-electron chi connectivity index (χ2n) is 9.63. The smallest absolute Gasteiger partial charge is 0.145 e. The maximum absolute atomic E-state index is 6.29. The van der Waals surface area contributed by atoms with Crippen molar-refractivity contribution in [2.45, 2.75) is 6.92 Å². The Morgan fingerprint density at radius 1 is 0.568 bits per heavy atom. The lowest BCUT2D eigenvalue weighted by Gasteiger charge is -2.11. The zero-order valence-corrected chi connectivity index (χ0v) is 20.3. The van der Waals surface area contributed by atoms with Gasteiger partial charge in [-0.25, -0.2) is 4.98 Å². The van der Waals surface area contributed by atoms with E-state index in [9.17, 15) is 0 Å². The first-order valence-corrected chi connectivity index (χ1v) is 12.6. The van der Waals surface area contributed by atoms with Gasteiger partial charge in [0.1, 0.15) is 16.8 Å². The molecule has 37 heavy (non-hydrogen) atoms. The summed E-state index contributed by atoms with van der Waals surface area (Å²) in [7, 11) is 0. The molecule has 0 unspecified atom stereocenters. The highest BCUT2D eigenvalue weighted by Gasteiger charge is 2.18. The summed E-state index contributed by atoms with van der Waals surface area (Å²) in [6.07, 6.45) is 0. The molecule has 0 bridgehead atoms. The van der Waals surface area contributed by atoms with Crippen molar-refractivity contribution in [2.24, 2.45) is 0 Å². The molecule has 0 atom stereocenters. The quantitative estimate of drug-likeness (QED) is 0.234. The van der Waals surface area contributed by atoms with Crippen LogP contribution >= 0.6 is 0 Å². The second-order valence-corrected chi connectivity index (χ2v) is 9.63. The minimum Gasteiger partial charge on any atom is -0.455 e. The number of benzene rings is 5. The first-order chi connectivity index (χ1) is 18.3. The van der Waals surface area contributed by atoms with Gasteiger partial charge in [0, 0.05) is 32.7 Å². The lowest BCUT2D eigenvalue weighted by Crippen LogP contribution is -1.94. The Kier molecular flexibility index (Phi) is 4.15. The Hall–Kier alpha value is -4.89. The molecule has 3 heteroatoms. The molecule has 0 aliphatic carbocycles. The number of aromatic nitrogens is 2. The third-order valence-corrected chi connectivity index (χ3v) is 7.53. The SMILES string of the molecule is Cc1nc2c3ccccc3c3ccccc3n2c1-c1ccc(-c2cccc3c2oc2ccccc23)cc1. The van der Waals surface area contributed by atoms with Gasteiger partial charge >= 0.3 is 0 Å². The third kappa shape index (κ3) is 2.85. The highest BCUT2D eigenvalue weighted by molar-refractivity contribution is 6.12. The first-order valence-electron chi connectivity index (χ1n) is 12.6. The number of furan rings is 1. The summed E-state index contributed by atoms with van der Waals surface area (Å²) >= 11 is 0. The maximum atomic E-state index is 6.29. The van der Waals surface area contributed by atoms with Crippen LogP contribution in [-0.4, -0.2) is 9.38 Å². The Bertz CT molecular complexity index is 2150. The molecule has 0 aliphatic heterocycles. The number of pyridine rings is 1. The van der Waals surface area contributed by atoms with Crippen molar-refractivity contribution in [3.05, 3.63) is 121 Å². The summed E-state index contributed by atoms with van der Waals surface area (Å²) in [4.78, 5) is 5.06. The lowest BCUT2D eigenvalue weighted by atomic mass is 10.00. The number of para-hydroxylation sites is 3. The zero-order chi connectivity index (χ0) is 24.5. The largest absolute Gasteiger partial charge is 0.455 e. The fourth-order valence-corrected chi connectivity index (χ4v) is 5.87. The molecule has 3 aromatic heterocycles. The molecule has 0 aliphatic rings. The van der Waals surface area contributed by atoms with E-state index >= 15 is 0 Å². The molecule has 0 N–H and O–H groups in total. The summed E-state index contributed by atoms with van der Waals surface area (Å²) in [5.74, 6) is 0. The monoisotopic (exact) mass is 474 g/mol.